The fourth-order valence-corrected chi connectivity index (χ4v) is 1.28. The smallest absolute Gasteiger partial charge is 0.298 e. The molecule has 0 saturated carbocycles. The highest BCUT2D eigenvalue weighted by Gasteiger charge is 2.09. The summed E-state index contributed by atoms with van der Waals surface area (Å²) in [7, 11) is -4.24. The quantitative estimate of drug-likeness (QED) is 0.569. The molecule has 0 spiro atoms. The molecule has 1 rings (SSSR count). The Kier molecular flexibility index (Phi) is 2.64. The standard InChI is InChI=1S/C7H6O5S/c8-5-12-6-2-1-3-7(4-6)13(9,10)11/h1-5H,(H,9,10,11). The van der Waals surface area contributed by atoms with E-state index < -0.39 is 10.1 Å². The summed E-state index contributed by atoms with van der Waals surface area (Å²) in [4.78, 5) is 9.59. The van der Waals surface area contributed by atoms with Crippen molar-refractivity contribution in [1.29, 1.82) is 0 Å². The predicted octanol–water partition coefficient (Wildman–Crippen LogP) is 0.468. The first-order valence-corrected chi connectivity index (χ1v) is 4.66. The minimum atomic E-state index is -4.24. The van der Waals surface area contributed by atoms with Crippen LogP contribution in [-0.4, -0.2) is 19.4 Å². The van der Waals surface area contributed by atoms with Crippen LogP contribution in [0, 0.1) is 0 Å². The van der Waals surface area contributed by atoms with Crippen LogP contribution in [0.3, 0.4) is 0 Å². The maximum absolute atomic E-state index is 10.6. The normalized spacial score (nSPS) is 10.8. The Labute approximate surface area is 74.7 Å². The third-order valence-corrected chi connectivity index (χ3v) is 2.14. The van der Waals surface area contributed by atoms with Crippen LogP contribution < -0.4 is 4.74 Å². The van der Waals surface area contributed by atoms with Gasteiger partial charge in [-0.25, -0.2) is 0 Å². The Morgan fingerprint density at radius 3 is 2.62 bits per heavy atom. The number of carbonyl (C=O) groups excluding carboxylic acids is 1. The number of ether oxygens (including phenoxy) is 1. The zero-order valence-corrected chi connectivity index (χ0v) is 7.19. The lowest BCUT2D eigenvalue weighted by Gasteiger charge is -1.99. The van der Waals surface area contributed by atoms with E-state index in [1.54, 1.807) is 0 Å². The molecule has 0 unspecified atom stereocenters. The molecule has 0 saturated heterocycles. The molecule has 0 heterocycles. The molecule has 5 nitrogen and oxygen atoms in total. The SMILES string of the molecule is O=COc1cccc(S(=O)(=O)O)c1. The van der Waals surface area contributed by atoms with Gasteiger partial charge in [-0.3, -0.25) is 9.35 Å². The summed E-state index contributed by atoms with van der Waals surface area (Å²) >= 11 is 0. The zero-order chi connectivity index (χ0) is 9.90. The van der Waals surface area contributed by atoms with E-state index in [0.29, 0.717) is 0 Å². The molecular weight excluding hydrogens is 196 g/mol. The van der Waals surface area contributed by atoms with E-state index in [4.69, 9.17) is 4.55 Å². The lowest BCUT2D eigenvalue weighted by Crippen LogP contribution is -1.98. The second-order valence-electron chi connectivity index (χ2n) is 2.16. The molecule has 0 atom stereocenters. The van der Waals surface area contributed by atoms with Crippen LogP contribution in [0.4, 0.5) is 0 Å². The van der Waals surface area contributed by atoms with Crippen molar-refractivity contribution < 1.29 is 22.5 Å². The minimum absolute atomic E-state index is 0.0603. The zero-order valence-electron chi connectivity index (χ0n) is 6.38. The number of benzene rings is 1. The van der Waals surface area contributed by atoms with E-state index in [0.717, 1.165) is 6.07 Å². The second kappa shape index (κ2) is 3.55. The molecule has 0 fully saturated rings. The number of hydrogen-bond acceptors (Lipinski definition) is 4. The van der Waals surface area contributed by atoms with Crippen LogP contribution in [0.5, 0.6) is 5.75 Å². The van der Waals surface area contributed by atoms with Crippen molar-refractivity contribution in [2.24, 2.45) is 0 Å². The van der Waals surface area contributed by atoms with E-state index in [2.05, 4.69) is 4.74 Å². The minimum Gasteiger partial charge on any atom is -0.429 e. The lowest BCUT2D eigenvalue weighted by atomic mass is 10.3. The van der Waals surface area contributed by atoms with Gasteiger partial charge in [0.25, 0.3) is 16.6 Å². The van der Waals surface area contributed by atoms with Crippen LogP contribution in [0.15, 0.2) is 29.2 Å². The first kappa shape index (κ1) is 9.69. The monoisotopic (exact) mass is 202 g/mol. The highest BCUT2D eigenvalue weighted by Crippen LogP contribution is 2.16. The molecule has 1 N–H and O–H groups in total. The predicted molar refractivity (Wildman–Crippen MR) is 42.9 cm³/mol. The maximum atomic E-state index is 10.6. The maximum Gasteiger partial charge on any atom is 0.298 e. The highest BCUT2D eigenvalue weighted by atomic mass is 32.2. The Bertz CT molecular complexity index is 409. The molecule has 0 radical (unpaired) electrons. The second-order valence-corrected chi connectivity index (χ2v) is 3.59. The van der Waals surface area contributed by atoms with Crippen LogP contribution in [0.1, 0.15) is 0 Å². The number of rotatable bonds is 3. The molecule has 0 aliphatic rings. The van der Waals surface area contributed by atoms with Gasteiger partial charge in [-0.05, 0) is 12.1 Å². The molecule has 0 aliphatic heterocycles. The van der Waals surface area contributed by atoms with Crippen molar-refractivity contribution in [2.45, 2.75) is 4.90 Å². The highest BCUT2D eigenvalue weighted by molar-refractivity contribution is 7.85. The van der Waals surface area contributed by atoms with Crippen molar-refractivity contribution in [3.63, 3.8) is 0 Å². The average molecular weight is 202 g/mol. The topological polar surface area (TPSA) is 80.7 Å². The molecule has 1 aromatic carbocycles. The third kappa shape index (κ3) is 2.53. The van der Waals surface area contributed by atoms with E-state index in [1.807, 2.05) is 0 Å². The van der Waals surface area contributed by atoms with Crippen LogP contribution in [0.2, 0.25) is 0 Å². The van der Waals surface area contributed by atoms with Gasteiger partial charge in [0.1, 0.15) is 5.75 Å². The summed E-state index contributed by atoms with van der Waals surface area (Å²) in [5.41, 5.74) is 0. The number of carbonyl (C=O) groups is 1. The van der Waals surface area contributed by atoms with E-state index in [1.165, 1.54) is 18.2 Å². The molecule has 70 valence electrons. The number of hydrogen-bond donors (Lipinski definition) is 1. The molecule has 1 aromatic rings. The lowest BCUT2D eigenvalue weighted by molar-refractivity contribution is -0.120. The Morgan fingerprint density at radius 1 is 1.38 bits per heavy atom. The van der Waals surface area contributed by atoms with Gasteiger partial charge in [0, 0.05) is 6.07 Å². The molecule has 6 heteroatoms. The van der Waals surface area contributed by atoms with E-state index in [-0.39, 0.29) is 17.1 Å². The molecule has 0 aromatic heterocycles. The van der Waals surface area contributed by atoms with Crippen molar-refractivity contribution in [2.75, 3.05) is 0 Å². The Morgan fingerprint density at radius 2 is 2.08 bits per heavy atom. The van der Waals surface area contributed by atoms with E-state index >= 15 is 0 Å². The molecular formula is C7H6O5S. The molecule has 0 amide bonds. The summed E-state index contributed by atoms with van der Waals surface area (Å²) in [5.74, 6) is 0.0603. The summed E-state index contributed by atoms with van der Waals surface area (Å²) in [5, 5.41) is 0. The van der Waals surface area contributed by atoms with Crippen LogP contribution in [-0.2, 0) is 14.9 Å². The first-order valence-electron chi connectivity index (χ1n) is 3.22. The summed E-state index contributed by atoms with van der Waals surface area (Å²) < 4.78 is 34.2. The summed E-state index contributed by atoms with van der Waals surface area (Å²) in [6.07, 6.45) is 0. The van der Waals surface area contributed by atoms with Crippen molar-refractivity contribution in [1.82, 2.24) is 0 Å². The third-order valence-electron chi connectivity index (χ3n) is 1.29. The van der Waals surface area contributed by atoms with Gasteiger partial charge in [0.15, 0.2) is 0 Å². The van der Waals surface area contributed by atoms with Crippen molar-refractivity contribution in [3.05, 3.63) is 24.3 Å². The van der Waals surface area contributed by atoms with Gasteiger partial charge in [-0.1, -0.05) is 6.07 Å². The van der Waals surface area contributed by atoms with Crippen LogP contribution in [0.25, 0.3) is 0 Å². The Balaban J connectivity index is 3.13. The van der Waals surface area contributed by atoms with Gasteiger partial charge >= 0.3 is 0 Å². The van der Waals surface area contributed by atoms with Crippen molar-refractivity contribution >= 4 is 16.6 Å². The van der Waals surface area contributed by atoms with Gasteiger partial charge in [0.2, 0.25) is 0 Å². The summed E-state index contributed by atoms with van der Waals surface area (Å²) in [6, 6.07) is 4.97. The first-order chi connectivity index (χ1) is 6.04. The molecule has 13 heavy (non-hydrogen) atoms. The largest absolute Gasteiger partial charge is 0.429 e. The van der Waals surface area contributed by atoms with Gasteiger partial charge in [-0.2, -0.15) is 8.42 Å². The molecule has 0 aliphatic carbocycles. The van der Waals surface area contributed by atoms with Gasteiger partial charge in [0.05, 0.1) is 4.90 Å². The molecule has 0 bridgehead atoms. The Hall–Kier alpha value is -1.40. The average Bonchev–Trinajstić information content (AvgIpc) is 2.04. The van der Waals surface area contributed by atoms with Gasteiger partial charge < -0.3 is 4.74 Å². The van der Waals surface area contributed by atoms with Crippen LogP contribution >= 0.6 is 0 Å². The van der Waals surface area contributed by atoms with Gasteiger partial charge in [-0.15, -0.1) is 0 Å². The van der Waals surface area contributed by atoms with E-state index in [9.17, 15) is 13.2 Å². The fourth-order valence-electron chi connectivity index (χ4n) is 0.764. The van der Waals surface area contributed by atoms with Crippen molar-refractivity contribution in [3.8, 4) is 5.75 Å². The fraction of sp³-hybridized carbons (Fsp3) is 0. The summed E-state index contributed by atoms with van der Waals surface area (Å²) in [6.45, 7) is 0.170.